The predicted molar refractivity (Wildman–Crippen MR) is 43.8 cm³/mol. The average molecular weight is 132 g/mol. The van der Waals surface area contributed by atoms with Crippen molar-refractivity contribution in [2.24, 2.45) is 0 Å². The molecule has 9 heavy (non-hydrogen) atoms. The van der Waals surface area contributed by atoms with E-state index in [1.54, 1.807) is 0 Å². The zero-order valence-corrected chi connectivity index (χ0v) is 6.70. The third kappa shape index (κ3) is 4.43. The second-order valence-corrected chi connectivity index (χ2v) is 2.29. The van der Waals surface area contributed by atoms with E-state index >= 15 is 0 Å². The number of hydrogen-bond donors (Lipinski definition) is 2. The molecule has 0 amide bonds. The molecule has 0 radical (unpaired) electrons. The Morgan fingerprint density at radius 1 is 1.44 bits per heavy atom. The molecule has 2 nitrogen and oxygen atoms in total. The Balaban J connectivity index is 0. The second kappa shape index (κ2) is 6.05. The first-order valence-electron chi connectivity index (χ1n) is 3.67. The van der Waals surface area contributed by atoms with Crippen LogP contribution >= 0.6 is 0 Å². The van der Waals surface area contributed by atoms with Gasteiger partial charge in [0.1, 0.15) is 0 Å². The van der Waals surface area contributed by atoms with E-state index in [1.807, 2.05) is 14.1 Å². The molecule has 0 aliphatic rings. The molecule has 0 saturated heterocycles. The maximum absolute atomic E-state index is 3.25. The highest BCUT2D eigenvalue weighted by Gasteiger charge is 1.99. The summed E-state index contributed by atoms with van der Waals surface area (Å²) < 4.78 is 0. The summed E-state index contributed by atoms with van der Waals surface area (Å²) in [6.45, 7) is 3.32. The van der Waals surface area contributed by atoms with Crippen LogP contribution in [0.15, 0.2) is 0 Å². The molecule has 0 aliphatic carbocycles. The molecule has 0 rings (SSSR count). The molecule has 2 N–H and O–H groups in total. The van der Waals surface area contributed by atoms with Crippen molar-refractivity contribution in [2.45, 2.75) is 25.8 Å². The van der Waals surface area contributed by atoms with Crippen LogP contribution in [0.4, 0.5) is 0 Å². The summed E-state index contributed by atoms with van der Waals surface area (Å²) in [6, 6.07) is 0.692. The van der Waals surface area contributed by atoms with Gasteiger partial charge in [0, 0.05) is 7.47 Å². The van der Waals surface area contributed by atoms with Gasteiger partial charge in [0.05, 0.1) is 0 Å². The maximum Gasteiger partial charge on any atom is 0.00735 e. The predicted octanol–water partition coefficient (Wildman–Crippen LogP) is 0.840. The topological polar surface area (TPSA) is 24.1 Å². The van der Waals surface area contributed by atoms with Crippen molar-refractivity contribution in [3.8, 4) is 0 Å². The highest BCUT2D eigenvalue weighted by Crippen LogP contribution is 1.93. The van der Waals surface area contributed by atoms with Gasteiger partial charge in [-0.25, -0.2) is 0 Å². The Bertz CT molecular complexity index is 55.6. The molecule has 0 aromatic rings. The largest absolute Gasteiger partial charge is 0.320 e. The molecule has 0 aromatic heterocycles. The van der Waals surface area contributed by atoms with Gasteiger partial charge < -0.3 is 10.6 Å². The first-order valence-corrected chi connectivity index (χ1v) is 3.67. The van der Waals surface area contributed by atoms with Gasteiger partial charge in [-0.3, -0.25) is 0 Å². The fourth-order valence-electron chi connectivity index (χ4n) is 0.871. The van der Waals surface area contributed by atoms with Crippen molar-refractivity contribution < 1.29 is 1.43 Å². The van der Waals surface area contributed by atoms with E-state index in [1.165, 1.54) is 12.8 Å². The van der Waals surface area contributed by atoms with E-state index in [0.717, 1.165) is 6.54 Å². The van der Waals surface area contributed by atoms with Crippen LogP contribution in [0.3, 0.4) is 0 Å². The van der Waals surface area contributed by atoms with Crippen LogP contribution in [-0.2, 0) is 0 Å². The SMILES string of the molecule is CCC(CCNC)NC.[HH]. The van der Waals surface area contributed by atoms with E-state index in [9.17, 15) is 0 Å². The van der Waals surface area contributed by atoms with Gasteiger partial charge in [-0.15, -0.1) is 0 Å². The Labute approximate surface area is 59.5 Å². The third-order valence-electron chi connectivity index (χ3n) is 1.64. The van der Waals surface area contributed by atoms with E-state index in [4.69, 9.17) is 0 Å². The van der Waals surface area contributed by atoms with Crippen LogP contribution in [-0.4, -0.2) is 26.7 Å². The van der Waals surface area contributed by atoms with Crippen LogP contribution < -0.4 is 10.6 Å². The van der Waals surface area contributed by atoms with Crippen LogP contribution in [0.5, 0.6) is 0 Å². The van der Waals surface area contributed by atoms with Gasteiger partial charge in [-0.1, -0.05) is 6.92 Å². The fourth-order valence-corrected chi connectivity index (χ4v) is 0.871. The fraction of sp³-hybridized carbons (Fsp3) is 1.00. The van der Waals surface area contributed by atoms with Crippen molar-refractivity contribution in [1.82, 2.24) is 10.6 Å². The third-order valence-corrected chi connectivity index (χ3v) is 1.64. The van der Waals surface area contributed by atoms with Gasteiger partial charge in [-0.05, 0) is 33.5 Å². The zero-order chi connectivity index (χ0) is 7.11. The zero-order valence-electron chi connectivity index (χ0n) is 6.70. The average Bonchev–Trinajstić information content (AvgIpc) is 1.91. The lowest BCUT2D eigenvalue weighted by molar-refractivity contribution is 0.498. The van der Waals surface area contributed by atoms with Crippen molar-refractivity contribution in [1.29, 1.82) is 0 Å². The standard InChI is InChI=1S/C7H18N2.H2/c1-4-7(9-3)5-6-8-2;/h7-9H,4-6H2,1-3H3;1H. The molecular formula is C7H20N2. The van der Waals surface area contributed by atoms with E-state index in [-0.39, 0.29) is 1.43 Å². The van der Waals surface area contributed by atoms with Crippen LogP contribution in [0.25, 0.3) is 0 Å². The van der Waals surface area contributed by atoms with E-state index in [0.29, 0.717) is 6.04 Å². The molecule has 0 spiro atoms. The maximum atomic E-state index is 3.25. The van der Waals surface area contributed by atoms with Crippen LogP contribution in [0, 0.1) is 0 Å². The molecule has 0 heterocycles. The normalized spacial score (nSPS) is 13.7. The molecule has 2 heteroatoms. The highest BCUT2D eigenvalue weighted by molar-refractivity contribution is 4.61. The van der Waals surface area contributed by atoms with Gasteiger partial charge >= 0.3 is 0 Å². The van der Waals surface area contributed by atoms with Crippen molar-refractivity contribution >= 4 is 0 Å². The molecule has 1 atom stereocenters. The van der Waals surface area contributed by atoms with Crippen LogP contribution in [0.2, 0.25) is 0 Å². The van der Waals surface area contributed by atoms with Gasteiger partial charge in [-0.2, -0.15) is 0 Å². The van der Waals surface area contributed by atoms with Crippen molar-refractivity contribution in [3.05, 3.63) is 0 Å². The molecule has 1 unspecified atom stereocenters. The van der Waals surface area contributed by atoms with E-state index in [2.05, 4.69) is 17.6 Å². The van der Waals surface area contributed by atoms with Crippen LogP contribution in [0.1, 0.15) is 21.2 Å². The second-order valence-electron chi connectivity index (χ2n) is 2.29. The lowest BCUT2D eigenvalue weighted by Gasteiger charge is -2.12. The minimum atomic E-state index is 0. The molecule has 0 fully saturated rings. The number of nitrogens with one attached hydrogen (secondary N) is 2. The van der Waals surface area contributed by atoms with Gasteiger partial charge in [0.25, 0.3) is 0 Å². The summed E-state index contributed by atoms with van der Waals surface area (Å²) in [5.41, 5.74) is 0. The Morgan fingerprint density at radius 2 is 2.11 bits per heavy atom. The lowest BCUT2D eigenvalue weighted by atomic mass is 10.1. The quantitative estimate of drug-likeness (QED) is 0.579. The monoisotopic (exact) mass is 132 g/mol. The molecule has 0 bridgehead atoms. The Hall–Kier alpha value is -0.0800. The summed E-state index contributed by atoms with van der Waals surface area (Å²) in [5.74, 6) is 0. The minimum Gasteiger partial charge on any atom is -0.320 e. The summed E-state index contributed by atoms with van der Waals surface area (Å²) in [4.78, 5) is 0. The smallest absolute Gasteiger partial charge is 0.00735 e. The number of hydrogen-bond acceptors (Lipinski definition) is 2. The molecule has 58 valence electrons. The Morgan fingerprint density at radius 3 is 2.44 bits per heavy atom. The lowest BCUT2D eigenvalue weighted by Crippen LogP contribution is -2.27. The summed E-state index contributed by atoms with van der Waals surface area (Å²) in [7, 11) is 4.01. The first kappa shape index (κ1) is 8.92. The molecule has 0 saturated carbocycles. The summed E-state index contributed by atoms with van der Waals surface area (Å²) in [6.07, 6.45) is 2.45. The highest BCUT2D eigenvalue weighted by atomic mass is 14.9. The number of rotatable bonds is 5. The van der Waals surface area contributed by atoms with E-state index < -0.39 is 0 Å². The summed E-state index contributed by atoms with van der Waals surface area (Å²) >= 11 is 0. The molecule has 0 aromatic carbocycles. The van der Waals surface area contributed by atoms with Crippen molar-refractivity contribution in [3.63, 3.8) is 0 Å². The Kier molecular flexibility index (Phi) is 5.99. The van der Waals surface area contributed by atoms with Crippen molar-refractivity contribution in [2.75, 3.05) is 20.6 Å². The van der Waals surface area contributed by atoms with Gasteiger partial charge in [0.2, 0.25) is 0 Å². The summed E-state index contributed by atoms with van der Waals surface area (Å²) in [5, 5.41) is 6.37. The first-order chi connectivity index (χ1) is 4.35. The molecule has 0 aliphatic heterocycles. The van der Waals surface area contributed by atoms with Gasteiger partial charge in [0.15, 0.2) is 0 Å². The minimum absolute atomic E-state index is 0. The molecular weight excluding hydrogens is 112 g/mol.